The van der Waals surface area contributed by atoms with Crippen LogP contribution < -0.4 is 0 Å². The molecule has 3 fully saturated rings. The highest BCUT2D eigenvalue weighted by atomic mass is 32.2. The molecule has 0 spiro atoms. The Labute approximate surface area is 180 Å². The van der Waals surface area contributed by atoms with Crippen LogP contribution in [0.25, 0.3) is 0 Å². The molecule has 166 valence electrons. The van der Waals surface area contributed by atoms with E-state index < -0.39 is 21.7 Å². The summed E-state index contributed by atoms with van der Waals surface area (Å²) >= 11 is 1.77. The van der Waals surface area contributed by atoms with Crippen molar-refractivity contribution in [1.82, 2.24) is 9.21 Å². The molecule has 3 heterocycles. The van der Waals surface area contributed by atoms with E-state index in [4.69, 9.17) is 9.47 Å². The average Bonchev–Trinajstić information content (AvgIpc) is 3.46. The Balaban J connectivity index is 1.61. The Kier molecular flexibility index (Phi) is 6.98. The molecule has 1 amide bonds. The van der Waals surface area contributed by atoms with Gasteiger partial charge in [-0.2, -0.15) is 16.1 Å². The van der Waals surface area contributed by atoms with Crippen LogP contribution in [0.15, 0.2) is 23.1 Å². The van der Waals surface area contributed by atoms with Gasteiger partial charge in [0.15, 0.2) is 0 Å². The molecule has 2 atom stereocenters. The Hall–Kier alpha value is -1.20. The van der Waals surface area contributed by atoms with Gasteiger partial charge in [0.05, 0.1) is 29.8 Å². The van der Waals surface area contributed by atoms with E-state index in [0.717, 1.165) is 36.8 Å². The van der Waals surface area contributed by atoms with Crippen molar-refractivity contribution in [3.8, 4) is 0 Å². The predicted octanol–water partition coefficient (Wildman–Crippen LogP) is 1.97. The molecule has 2 unspecified atom stereocenters. The van der Waals surface area contributed by atoms with Crippen LogP contribution in [0.4, 0.5) is 4.39 Å². The fraction of sp³-hybridized carbons (Fsp3) is 0.650. The maximum Gasteiger partial charge on any atom is 0.257 e. The number of hydrogen-bond donors (Lipinski definition) is 0. The van der Waals surface area contributed by atoms with Crippen LogP contribution in [0, 0.1) is 5.82 Å². The van der Waals surface area contributed by atoms with Gasteiger partial charge in [0, 0.05) is 38.0 Å². The maximum absolute atomic E-state index is 14.7. The van der Waals surface area contributed by atoms with Crippen LogP contribution in [0.1, 0.15) is 29.6 Å². The second-order valence-electron chi connectivity index (χ2n) is 7.77. The van der Waals surface area contributed by atoms with Crippen LogP contribution in [0.5, 0.6) is 0 Å². The smallest absolute Gasteiger partial charge is 0.257 e. The van der Waals surface area contributed by atoms with Crippen molar-refractivity contribution >= 4 is 27.7 Å². The van der Waals surface area contributed by atoms with Crippen molar-refractivity contribution in [2.24, 2.45) is 0 Å². The number of thioether (sulfide) groups is 1. The van der Waals surface area contributed by atoms with Gasteiger partial charge in [-0.05, 0) is 43.2 Å². The minimum atomic E-state index is -3.81. The van der Waals surface area contributed by atoms with Gasteiger partial charge in [0.2, 0.25) is 10.0 Å². The largest absolute Gasteiger partial charge is 0.379 e. The highest BCUT2D eigenvalue weighted by Gasteiger charge is 2.34. The number of amides is 1. The summed E-state index contributed by atoms with van der Waals surface area (Å²) in [6.07, 6.45) is 2.62. The molecule has 4 rings (SSSR count). The lowest BCUT2D eigenvalue weighted by atomic mass is 10.1. The van der Waals surface area contributed by atoms with Gasteiger partial charge in [-0.3, -0.25) is 4.79 Å². The number of ether oxygens (including phenoxy) is 2. The first-order valence-electron chi connectivity index (χ1n) is 10.3. The molecule has 0 aromatic heterocycles. The van der Waals surface area contributed by atoms with Gasteiger partial charge >= 0.3 is 0 Å². The third kappa shape index (κ3) is 4.67. The second kappa shape index (κ2) is 9.52. The van der Waals surface area contributed by atoms with Gasteiger partial charge < -0.3 is 14.4 Å². The summed E-state index contributed by atoms with van der Waals surface area (Å²) in [6, 6.07) is 3.50. The monoisotopic (exact) mass is 458 g/mol. The van der Waals surface area contributed by atoms with Crippen molar-refractivity contribution in [2.75, 3.05) is 51.0 Å². The number of carbonyl (C=O) groups excluding carboxylic acids is 1. The molecular formula is C20H27FN2O5S2. The molecular weight excluding hydrogens is 431 g/mol. The van der Waals surface area contributed by atoms with Crippen LogP contribution >= 0.6 is 11.8 Å². The summed E-state index contributed by atoms with van der Waals surface area (Å²) in [7, 11) is -3.81. The molecule has 0 bridgehead atoms. The Morgan fingerprint density at radius 1 is 1.23 bits per heavy atom. The zero-order valence-electron chi connectivity index (χ0n) is 16.8. The van der Waals surface area contributed by atoms with Gasteiger partial charge in [-0.1, -0.05) is 0 Å². The van der Waals surface area contributed by atoms with Crippen LogP contribution in [-0.4, -0.2) is 86.6 Å². The fourth-order valence-electron chi connectivity index (χ4n) is 4.09. The third-order valence-corrected chi connectivity index (χ3v) is 8.85. The molecule has 3 aliphatic heterocycles. The summed E-state index contributed by atoms with van der Waals surface area (Å²) in [4.78, 5) is 15.0. The van der Waals surface area contributed by atoms with Crippen molar-refractivity contribution in [1.29, 1.82) is 0 Å². The summed E-state index contributed by atoms with van der Waals surface area (Å²) in [5, 5.41) is 0. The van der Waals surface area contributed by atoms with Gasteiger partial charge in [-0.25, -0.2) is 12.8 Å². The summed E-state index contributed by atoms with van der Waals surface area (Å²) in [5.74, 6) is 0.582. The summed E-state index contributed by atoms with van der Waals surface area (Å²) < 4.78 is 52.9. The zero-order valence-corrected chi connectivity index (χ0v) is 18.4. The van der Waals surface area contributed by atoms with E-state index >= 15 is 0 Å². The summed E-state index contributed by atoms with van der Waals surface area (Å²) in [5.41, 5.74) is -0.195. The van der Waals surface area contributed by atoms with E-state index in [1.54, 1.807) is 16.7 Å². The van der Waals surface area contributed by atoms with E-state index in [9.17, 15) is 17.6 Å². The lowest BCUT2D eigenvalue weighted by Gasteiger charge is -2.31. The van der Waals surface area contributed by atoms with Gasteiger partial charge in [0.25, 0.3) is 5.91 Å². The van der Waals surface area contributed by atoms with Crippen molar-refractivity contribution in [3.63, 3.8) is 0 Å². The molecule has 0 radical (unpaired) electrons. The fourth-order valence-corrected chi connectivity index (χ4v) is 6.75. The van der Waals surface area contributed by atoms with E-state index in [2.05, 4.69) is 0 Å². The zero-order chi connectivity index (χ0) is 21.1. The minimum Gasteiger partial charge on any atom is -0.379 e. The van der Waals surface area contributed by atoms with Gasteiger partial charge in [0.1, 0.15) is 5.82 Å². The molecule has 3 aliphatic rings. The number of carbonyl (C=O) groups is 1. The van der Waals surface area contributed by atoms with Crippen LogP contribution in [-0.2, 0) is 19.5 Å². The topological polar surface area (TPSA) is 76.2 Å². The molecule has 1 aromatic rings. The number of hydrogen-bond acceptors (Lipinski definition) is 6. The first-order chi connectivity index (χ1) is 14.5. The summed E-state index contributed by atoms with van der Waals surface area (Å²) in [6.45, 7) is 2.21. The molecule has 0 saturated carbocycles. The number of rotatable bonds is 6. The van der Waals surface area contributed by atoms with Crippen molar-refractivity contribution < 1.29 is 27.1 Å². The quantitative estimate of drug-likeness (QED) is 0.649. The third-order valence-electron chi connectivity index (χ3n) is 5.81. The van der Waals surface area contributed by atoms with Crippen LogP contribution in [0.3, 0.4) is 0 Å². The highest BCUT2D eigenvalue weighted by Crippen LogP contribution is 2.28. The Bertz CT molecular complexity index is 864. The normalized spacial score (nSPS) is 25.5. The predicted molar refractivity (Wildman–Crippen MR) is 112 cm³/mol. The molecule has 30 heavy (non-hydrogen) atoms. The second-order valence-corrected chi connectivity index (χ2v) is 10.9. The lowest BCUT2D eigenvalue weighted by molar-refractivity contribution is 0.0438. The molecule has 3 saturated heterocycles. The molecule has 10 heteroatoms. The Morgan fingerprint density at radius 2 is 2.03 bits per heavy atom. The van der Waals surface area contributed by atoms with Crippen LogP contribution in [0.2, 0.25) is 0 Å². The lowest BCUT2D eigenvalue weighted by Crippen LogP contribution is -2.45. The number of morpholine rings is 1. The average molecular weight is 459 g/mol. The van der Waals surface area contributed by atoms with Crippen molar-refractivity contribution in [2.45, 2.75) is 36.3 Å². The van der Waals surface area contributed by atoms with E-state index in [1.165, 1.54) is 16.4 Å². The maximum atomic E-state index is 14.7. The molecule has 7 nitrogen and oxygen atoms in total. The van der Waals surface area contributed by atoms with E-state index in [0.29, 0.717) is 26.4 Å². The number of sulfonamides is 1. The first kappa shape index (κ1) is 22.0. The van der Waals surface area contributed by atoms with E-state index in [-0.39, 0.29) is 35.7 Å². The number of nitrogens with zero attached hydrogens (tertiary/aromatic N) is 2. The highest BCUT2D eigenvalue weighted by molar-refractivity contribution is 7.99. The van der Waals surface area contributed by atoms with Gasteiger partial charge in [-0.15, -0.1) is 0 Å². The molecule has 1 aromatic carbocycles. The molecule has 0 aliphatic carbocycles. The molecule has 0 N–H and O–H groups in total. The number of halogens is 1. The Morgan fingerprint density at radius 3 is 2.70 bits per heavy atom. The first-order valence-corrected chi connectivity index (χ1v) is 12.9. The SMILES string of the molecule is O=C(c1cc(S(=O)(=O)N2CCOCC2)ccc1F)N(CC1CCCO1)C1CCSC1. The minimum absolute atomic E-state index is 0.00519. The van der Waals surface area contributed by atoms with Crippen molar-refractivity contribution in [3.05, 3.63) is 29.6 Å². The van der Waals surface area contributed by atoms with E-state index in [1.807, 2.05) is 0 Å². The number of benzene rings is 1. The standard InChI is InChI=1S/C20H27FN2O5S2/c21-19-4-3-17(30(25,26)22-6-9-27-10-7-22)12-18(19)20(24)23(15-5-11-29-14-15)13-16-2-1-8-28-16/h3-4,12,15-16H,1-2,5-11,13-14H2.